The minimum Gasteiger partial charge on any atom is -0.373 e. The van der Waals surface area contributed by atoms with Gasteiger partial charge in [0.05, 0.1) is 10.6 Å². The molecule has 0 saturated carbocycles. The highest BCUT2D eigenvalue weighted by Crippen LogP contribution is 2.34. The molecule has 1 saturated heterocycles. The van der Waals surface area contributed by atoms with Crippen LogP contribution in [0.1, 0.15) is 24.5 Å². The first kappa shape index (κ1) is 13.0. The molecule has 0 radical (unpaired) electrons. The summed E-state index contributed by atoms with van der Waals surface area (Å²) in [6.45, 7) is 1.72. The largest absolute Gasteiger partial charge is 0.373 e. The molecule has 0 amide bonds. The zero-order valence-electron chi connectivity index (χ0n) is 9.88. The molecule has 2 nitrogen and oxygen atoms in total. The first-order valence-electron chi connectivity index (χ1n) is 5.93. The topological polar surface area (TPSA) is 21.3 Å². The molecule has 1 aliphatic rings. The van der Waals surface area contributed by atoms with Crippen LogP contribution in [0, 0.1) is 11.7 Å². The Balaban J connectivity index is 2.20. The molecule has 1 N–H and O–H groups in total. The van der Waals surface area contributed by atoms with Crippen molar-refractivity contribution < 1.29 is 9.13 Å². The van der Waals surface area contributed by atoms with Crippen molar-refractivity contribution >= 4 is 15.9 Å². The third-order valence-corrected chi connectivity index (χ3v) is 3.79. The zero-order chi connectivity index (χ0) is 12.3. The molecule has 0 aromatic heterocycles. The van der Waals surface area contributed by atoms with Crippen LogP contribution in [0.5, 0.6) is 0 Å². The Morgan fingerprint density at radius 3 is 3.06 bits per heavy atom. The molecule has 4 heteroatoms. The summed E-state index contributed by atoms with van der Waals surface area (Å²) in [5.74, 6) is 0.237. The molecule has 0 bridgehead atoms. The van der Waals surface area contributed by atoms with E-state index in [2.05, 4.69) is 21.2 Å². The van der Waals surface area contributed by atoms with E-state index in [4.69, 9.17) is 4.74 Å². The Morgan fingerprint density at radius 1 is 1.53 bits per heavy atom. The van der Waals surface area contributed by atoms with Crippen molar-refractivity contribution in [1.82, 2.24) is 5.32 Å². The van der Waals surface area contributed by atoms with E-state index < -0.39 is 0 Å². The molecule has 0 aliphatic carbocycles. The molecule has 0 spiro atoms. The van der Waals surface area contributed by atoms with Crippen LogP contribution < -0.4 is 5.32 Å². The summed E-state index contributed by atoms with van der Waals surface area (Å²) in [6, 6.07) is 5.14. The van der Waals surface area contributed by atoms with E-state index in [9.17, 15) is 4.39 Å². The Hall–Kier alpha value is -0.450. The second kappa shape index (κ2) is 5.94. The Kier molecular flexibility index (Phi) is 4.54. The number of halogens is 2. The summed E-state index contributed by atoms with van der Waals surface area (Å²) in [4.78, 5) is 0. The van der Waals surface area contributed by atoms with Gasteiger partial charge in [0.2, 0.25) is 0 Å². The molecule has 2 unspecified atom stereocenters. The number of benzene rings is 1. The van der Waals surface area contributed by atoms with Crippen molar-refractivity contribution in [2.24, 2.45) is 5.92 Å². The summed E-state index contributed by atoms with van der Waals surface area (Å²) >= 11 is 3.23. The third-order valence-electron chi connectivity index (χ3n) is 3.18. The quantitative estimate of drug-likeness (QED) is 0.925. The van der Waals surface area contributed by atoms with Gasteiger partial charge in [-0.25, -0.2) is 4.39 Å². The number of rotatable bonds is 3. The van der Waals surface area contributed by atoms with E-state index in [1.807, 2.05) is 19.2 Å². The zero-order valence-corrected chi connectivity index (χ0v) is 11.5. The maximum atomic E-state index is 13.2. The Labute approximate surface area is 110 Å². The van der Waals surface area contributed by atoms with Crippen LogP contribution in [0.25, 0.3) is 0 Å². The molecule has 1 aromatic rings. The maximum Gasteiger partial charge on any atom is 0.137 e. The Bertz CT molecular complexity index is 384. The van der Waals surface area contributed by atoms with Gasteiger partial charge in [0.1, 0.15) is 5.82 Å². The van der Waals surface area contributed by atoms with Crippen LogP contribution >= 0.6 is 15.9 Å². The van der Waals surface area contributed by atoms with Crippen LogP contribution in [0.3, 0.4) is 0 Å². The van der Waals surface area contributed by atoms with Gasteiger partial charge in [0, 0.05) is 19.1 Å². The van der Waals surface area contributed by atoms with Crippen LogP contribution in [0.4, 0.5) is 4.39 Å². The van der Waals surface area contributed by atoms with Gasteiger partial charge in [0.25, 0.3) is 0 Å². The van der Waals surface area contributed by atoms with Crippen molar-refractivity contribution in [1.29, 1.82) is 0 Å². The fourth-order valence-corrected chi connectivity index (χ4v) is 2.77. The van der Waals surface area contributed by atoms with Gasteiger partial charge in [-0.1, -0.05) is 6.07 Å². The molecule has 2 rings (SSSR count). The maximum absolute atomic E-state index is 13.2. The molecule has 2 atom stereocenters. The summed E-state index contributed by atoms with van der Waals surface area (Å²) in [6.07, 6.45) is 2.33. The van der Waals surface area contributed by atoms with Crippen molar-refractivity contribution in [3.05, 3.63) is 34.1 Å². The molecule has 1 fully saturated rings. The molecule has 1 aromatic carbocycles. The lowest BCUT2D eigenvalue weighted by molar-refractivity contribution is -0.0273. The summed E-state index contributed by atoms with van der Waals surface area (Å²) in [5, 5.41) is 3.20. The van der Waals surface area contributed by atoms with E-state index >= 15 is 0 Å². The summed E-state index contributed by atoms with van der Waals surface area (Å²) in [5.41, 5.74) is 1.05. The Morgan fingerprint density at radius 2 is 2.35 bits per heavy atom. The van der Waals surface area contributed by atoms with Crippen molar-refractivity contribution in [3.8, 4) is 0 Å². The fourth-order valence-electron chi connectivity index (χ4n) is 2.37. The molecule has 17 heavy (non-hydrogen) atoms. The molecular weight excluding hydrogens is 285 g/mol. The monoisotopic (exact) mass is 301 g/mol. The fraction of sp³-hybridized carbons (Fsp3) is 0.538. The number of nitrogens with one attached hydrogen (secondary N) is 1. The van der Waals surface area contributed by atoms with E-state index in [1.54, 1.807) is 0 Å². The minimum absolute atomic E-state index is 0.0769. The van der Waals surface area contributed by atoms with E-state index in [0.29, 0.717) is 10.4 Å². The summed E-state index contributed by atoms with van der Waals surface area (Å²) < 4.78 is 19.6. The second-order valence-electron chi connectivity index (χ2n) is 4.42. The van der Waals surface area contributed by atoms with Crippen LogP contribution in [-0.2, 0) is 4.74 Å². The van der Waals surface area contributed by atoms with Crippen molar-refractivity contribution in [3.63, 3.8) is 0 Å². The number of hydrogen-bond acceptors (Lipinski definition) is 2. The first-order chi connectivity index (χ1) is 8.22. The average molecular weight is 302 g/mol. The molecule has 1 heterocycles. The summed E-state index contributed by atoms with van der Waals surface area (Å²) in [7, 11) is 1.95. The number of hydrogen-bond donors (Lipinski definition) is 1. The average Bonchev–Trinajstić information content (AvgIpc) is 2.34. The van der Waals surface area contributed by atoms with Crippen LogP contribution in [0.2, 0.25) is 0 Å². The highest BCUT2D eigenvalue weighted by Gasteiger charge is 2.27. The van der Waals surface area contributed by atoms with Gasteiger partial charge in [-0.15, -0.1) is 0 Å². The van der Waals surface area contributed by atoms with Gasteiger partial charge in [0.15, 0.2) is 0 Å². The third kappa shape index (κ3) is 3.06. The van der Waals surface area contributed by atoms with Gasteiger partial charge in [-0.2, -0.15) is 0 Å². The minimum atomic E-state index is -0.227. The van der Waals surface area contributed by atoms with Crippen molar-refractivity contribution in [2.45, 2.75) is 18.9 Å². The van der Waals surface area contributed by atoms with Crippen LogP contribution in [-0.4, -0.2) is 20.2 Å². The van der Waals surface area contributed by atoms with E-state index in [1.165, 1.54) is 6.07 Å². The van der Waals surface area contributed by atoms with E-state index in [-0.39, 0.29) is 11.9 Å². The lowest BCUT2D eigenvalue weighted by Crippen LogP contribution is -2.30. The predicted molar refractivity (Wildman–Crippen MR) is 69.4 cm³/mol. The van der Waals surface area contributed by atoms with Crippen LogP contribution in [0.15, 0.2) is 22.7 Å². The second-order valence-corrected chi connectivity index (χ2v) is 5.28. The lowest BCUT2D eigenvalue weighted by atomic mass is 9.89. The van der Waals surface area contributed by atoms with Gasteiger partial charge < -0.3 is 10.1 Å². The smallest absolute Gasteiger partial charge is 0.137 e. The molecular formula is C13H17BrFNO. The normalized spacial score (nSPS) is 24.9. The number of ether oxygens (including phenoxy) is 1. The first-order valence-corrected chi connectivity index (χ1v) is 6.73. The lowest BCUT2D eigenvalue weighted by Gasteiger charge is -2.32. The highest BCUT2D eigenvalue weighted by atomic mass is 79.9. The van der Waals surface area contributed by atoms with E-state index in [0.717, 1.165) is 31.6 Å². The van der Waals surface area contributed by atoms with Crippen molar-refractivity contribution in [2.75, 3.05) is 20.2 Å². The van der Waals surface area contributed by atoms with Gasteiger partial charge in [-0.05, 0) is 53.5 Å². The van der Waals surface area contributed by atoms with Gasteiger partial charge >= 0.3 is 0 Å². The van der Waals surface area contributed by atoms with Gasteiger partial charge in [-0.3, -0.25) is 0 Å². The molecule has 94 valence electrons. The molecule has 1 aliphatic heterocycles. The predicted octanol–water partition coefficient (Wildman–Crippen LogP) is 3.28. The SMILES string of the molecule is CNCC1CCCOC1c1ccc(F)c(Br)c1. The highest BCUT2D eigenvalue weighted by molar-refractivity contribution is 9.10. The standard InChI is InChI=1S/C13H17BrFNO/c1-16-8-10-3-2-6-17-13(10)9-4-5-12(15)11(14)7-9/h4-5,7,10,13,16H,2-3,6,8H2,1H3.